The number of ether oxygens (including phenoxy) is 1. The van der Waals surface area contributed by atoms with Crippen LogP contribution in [0.5, 0.6) is 5.75 Å². The van der Waals surface area contributed by atoms with Crippen LogP contribution in [0.4, 0.5) is 14.5 Å². The molecule has 0 radical (unpaired) electrons. The smallest absolute Gasteiger partial charge is 0.387 e. The average molecular weight is 362 g/mol. The molecule has 0 aromatic heterocycles. The number of amides is 2. The molecule has 2 amide bonds. The number of likely N-dealkylation sites (N-methyl/N-ethyl adjacent to an activating group) is 1. The molecule has 2 rings (SSSR count). The predicted octanol–water partition coefficient (Wildman–Crippen LogP) is 3.45. The number of carbonyl (C=O) groups is 2. The van der Waals surface area contributed by atoms with E-state index < -0.39 is 6.61 Å². The summed E-state index contributed by atoms with van der Waals surface area (Å²) < 4.78 is 28.6. The topological polar surface area (TPSA) is 58.6 Å². The Morgan fingerprint density at radius 1 is 1.04 bits per heavy atom. The van der Waals surface area contributed by atoms with E-state index in [1.165, 1.54) is 19.1 Å². The number of benzene rings is 2. The zero-order valence-corrected chi connectivity index (χ0v) is 14.5. The number of hydrogen-bond donors (Lipinski definition) is 1. The lowest BCUT2D eigenvalue weighted by Gasteiger charge is -2.18. The first-order valence-corrected chi connectivity index (χ1v) is 7.97. The van der Waals surface area contributed by atoms with Gasteiger partial charge in [-0.2, -0.15) is 8.78 Å². The molecule has 1 N–H and O–H groups in total. The molecule has 2 aromatic carbocycles. The molecule has 26 heavy (non-hydrogen) atoms. The van der Waals surface area contributed by atoms with Gasteiger partial charge in [-0.1, -0.05) is 24.3 Å². The molecule has 0 aliphatic carbocycles. The van der Waals surface area contributed by atoms with Gasteiger partial charge in [0.25, 0.3) is 0 Å². The summed E-state index contributed by atoms with van der Waals surface area (Å²) in [5, 5.41) is 2.67. The Bertz CT molecular complexity index is 746. The van der Waals surface area contributed by atoms with E-state index >= 15 is 0 Å². The molecule has 0 saturated carbocycles. The first-order valence-electron chi connectivity index (χ1n) is 7.97. The molecule has 138 valence electrons. The highest BCUT2D eigenvalue weighted by atomic mass is 19.3. The molecule has 0 spiro atoms. The van der Waals surface area contributed by atoms with Gasteiger partial charge in [0.05, 0.1) is 6.42 Å². The highest BCUT2D eigenvalue weighted by molar-refractivity contribution is 5.88. The third kappa shape index (κ3) is 6.16. The van der Waals surface area contributed by atoms with Crippen molar-refractivity contribution in [1.29, 1.82) is 0 Å². The number of carbonyl (C=O) groups excluding carboxylic acids is 2. The van der Waals surface area contributed by atoms with Crippen molar-refractivity contribution in [2.75, 3.05) is 12.4 Å². The molecular weight excluding hydrogens is 342 g/mol. The van der Waals surface area contributed by atoms with Crippen molar-refractivity contribution in [3.8, 4) is 5.75 Å². The van der Waals surface area contributed by atoms with Gasteiger partial charge in [-0.25, -0.2) is 0 Å². The van der Waals surface area contributed by atoms with Gasteiger partial charge >= 0.3 is 6.61 Å². The van der Waals surface area contributed by atoms with E-state index in [4.69, 9.17) is 0 Å². The van der Waals surface area contributed by atoms with E-state index in [9.17, 15) is 18.4 Å². The Kier molecular flexibility index (Phi) is 6.66. The van der Waals surface area contributed by atoms with Crippen molar-refractivity contribution in [3.05, 3.63) is 59.7 Å². The number of rotatable bonds is 7. The van der Waals surface area contributed by atoms with Gasteiger partial charge in [0.15, 0.2) is 0 Å². The molecule has 2 aromatic rings. The minimum absolute atomic E-state index is 0.0785. The molecule has 0 aliphatic heterocycles. The summed E-state index contributed by atoms with van der Waals surface area (Å²) in [5.74, 6) is -0.152. The monoisotopic (exact) mass is 362 g/mol. The third-order valence-electron chi connectivity index (χ3n) is 3.62. The summed E-state index contributed by atoms with van der Waals surface area (Å²) >= 11 is 0. The van der Waals surface area contributed by atoms with E-state index in [0.29, 0.717) is 12.2 Å². The van der Waals surface area contributed by atoms with Crippen LogP contribution >= 0.6 is 0 Å². The second-order valence-electron chi connectivity index (χ2n) is 5.83. The Morgan fingerprint density at radius 3 is 2.15 bits per heavy atom. The minimum Gasteiger partial charge on any atom is -0.435 e. The Hall–Kier alpha value is -2.96. The van der Waals surface area contributed by atoms with Gasteiger partial charge in [-0.15, -0.1) is 0 Å². The highest BCUT2D eigenvalue weighted by Gasteiger charge is 2.11. The molecule has 0 unspecified atom stereocenters. The maximum absolute atomic E-state index is 12.3. The minimum atomic E-state index is -2.86. The fourth-order valence-corrected chi connectivity index (χ4v) is 2.36. The molecular formula is C19H20F2N2O3. The number of hydrogen-bond acceptors (Lipinski definition) is 3. The fourth-order valence-electron chi connectivity index (χ4n) is 2.36. The first kappa shape index (κ1) is 19.4. The number of nitrogens with zero attached hydrogens (tertiary/aromatic N) is 1. The van der Waals surface area contributed by atoms with Crippen molar-refractivity contribution in [2.24, 2.45) is 0 Å². The van der Waals surface area contributed by atoms with Gasteiger partial charge in [-0.05, 0) is 35.4 Å². The predicted molar refractivity (Wildman–Crippen MR) is 94.0 cm³/mol. The van der Waals surface area contributed by atoms with Crippen LogP contribution in [0.15, 0.2) is 48.5 Å². The molecule has 0 heterocycles. The SMILES string of the molecule is CC(=O)Nc1ccc(CC(=O)N(C)Cc2ccc(OC(F)F)cc2)cc1. The molecule has 0 bridgehead atoms. The van der Waals surface area contributed by atoms with Crippen LogP contribution < -0.4 is 10.1 Å². The van der Waals surface area contributed by atoms with Gasteiger partial charge < -0.3 is 15.0 Å². The first-order chi connectivity index (χ1) is 12.3. The zero-order chi connectivity index (χ0) is 19.1. The number of nitrogens with one attached hydrogen (secondary N) is 1. The number of anilines is 1. The quantitative estimate of drug-likeness (QED) is 0.821. The number of alkyl halides is 2. The summed E-state index contributed by atoms with van der Waals surface area (Å²) in [5.41, 5.74) is 2.31. The van der Waals surface area contributed by atoms with Crippen LogP contribution in [0, 0.1) is 0 Å². The van der Waals surface area contributed by atoms with Gasteiger partial charge in [0, 0.05) is 26.2 Å². The van der Waals surface area contributed by atoms with Crippen LogP contribution in [0.2, 0.25) is 0 Å². The largest absolute Gasteiger partial charge is 0.435 e. The van der Waals surface area contributed by atoms with Crippen LogP contribution in [0.1, 0.15) is 18.1 Å². The van der Waals surface area contributed by atoms with Crippen molar-refractivity contribution in [1.82, 2.24) is 4.90 Å². The molecule has 0 atom stereocenters. The highest BCUT2D eigenvalue weighted by Crippen LogP contribution is 2.16. The number of halogens is 2. The summed E-state index contributed by atoms with van der Waals surface area (Å²) in [6.45, 7) is -1.07. The summed E-state index contributed by atoms with van der Waals surface area (Å²) in [6.07, 6.45) is 0.226. The van der Waals surface area contributed by atoms with E-state index in [1.54, 1.807) is 48.3 Å². The zero-order valence-electron chi connectivity index (χ0n) is 14.5. The van der Waals surface area contributed by atoms with Gasteiger partial charge in [0.1, 0.15) is 5.75 Å². The third-order valence-corrected chi connectivity index (χ3v) is 3.62. The van der Waals surface area contributed by atoms with Crippen LogP contribution in [0.3, 0.4) is 0 Å². The lowest BCUT2D eigenvalue weighted by molar-refractivity contribution is -0.129. The average Bonchev–Trinajstić information content (AvgIpc) is 2.57. The second-order valence-corrected chi connectivity index (χ2v) is 5.83. The van der Waals surface area contributed by atoms with Crippen molar-refractivity contribution in [3.63, 3.8) is 0 Å². The van der Waals surface area contributed by atoms with E-state index in [2.05, 4.69) is 10.1 Å². The lowest BCUT2D eigenvalue weighted by atomic mass is 10.1. The molecule has 5 nitrogen and oxygen atoms in total. The van der Waals surface area contributed by atoms with Crippen LogP contribution in [-0.2, 0) is 22.6 Å². The molecule has 0 aliphatic rings. The molecule has 0 saturated heterocycles. The second kappa shape index (κ2) is 8.94. The van der Waals surface area contributed by atoms with Crippen LogP contribution in [-0.4, -0.2) is 30.4 Å². The van der Waals surface area contributed by atoms with Gasteiger partial charge in [-0.3, -0.25) is 9.59 Å². The summed E-state index contributed by atoms with van der Waals surface area (Å²) in [4.78, 5) is 24.9. The van der Waals surface area contributed by atoms with Crippen molar-refractivity contribution < 1.29 is 23.1 Å². The summed E-state index contributed by atoms with van der Waals surface area (Å²) in [6, 6.07) is 13.2. The Balaban J connectivity index is 1.89. The van der Waals surface area contributed by atoms with Crippen molar-refractivity contribution >= 4 is 17.5 Å². The maximum Gasteiger partial charge on any atom is 0.387 e. The van der Waals surface area contributed by atoms with E-state index in [-0.39, 0.29) is 24.0 Å². The normalized spacial score (nSPS) is 10.5. The van der Waals surface area contributed by atoms with E-state index in [1.807, 2.05) is 0 Å². The lowest BCUT2D eigenvalue weighted by Crippen LogP contribution is -2.27. The Morgan fingerprint density at radius 2 is 1.62 bits per heavy atom. The van der Waals surface area contributed by atoms with Crippen molar-refractivity contribution in [2.45, 2.75) is 26.5 Å². The van der Waals surface area contributed by atoms with Crippen LogP contribution in [0.25, 0.3) is 0 Å². The maximum atomic E-state index is 12.3. The summed E-state index contributed by atoms with van der Waals surface area (Å²) in [7, 11) is 1.68. The Labute approximate surface area is 150 Å². The van der Waals surface area contributed by atoms with E-state index in [0.717, 1.165) is 11.1 Å². The van der Waals surface area contributed by atoms with Gasteiger partial charge in [0.2, 0.25) is 11.8 Å². The standard InChI is InChI=1S/C19H20F2N2O3/c1-13(24)22-16-7-3-14(4-8-16)11-18(25)23(2)12-15-5-9-17(10-6-15)26-19(20)21/h3-10,19H,11-12H2,1-2H3,(H,22,24). The molecule has 0 fully saturated rings. The molecule has 7 heteroatoms. The fraction of sp³-hybridized carbons (Fsp3) is 0.263.